The van der Waals surface area contributed by atoms with Crippen LogP contribution in [0.4, 0.5) is 8.78 Å². The van der Waals surface area contributed by atoms with Crippen LogP contribution in [-0.4, -0.2) is 53.7 Å². The molecule has 0 aliphatic carbocycles. The molecule has 3 aromatic carbocycles. The van der Waals surface area contributed by atoms with Crippen molar-refractivity contribution >= 4 is 24.1 Å². The Balaban J connectivity index is 1.44. The van der Waals surface area contributed by atoms with Gasteiger partial charge in [-0.05, 0) is 60.9 Å². The molecular weight excluding hydrogens is 511 g/mol. The van der Waals surface area contributed by atoms with Crippen molar-refractivity contribution in [3.63, 3.8) is 0 Å². The van der Waals surface area contributed by atoms with E-state index in [4.69, 9.17) is 14.5 Å². The van der Waals surface area contributed by atoms with Crippen LogP contribution in [0.15, 0.2) is 60.7 Å². The molecule has 6 rings (SSSR count). The van der Waals surface area contributed by atoms with Crippen LogP contribution >= 0.6 is 7.14 Å². The summed E-state index contributed by atoms with van der Waals surface area (Å²) >= 11 is 0. The van der Waals surface area contributed by atoms with Crippen molar-refractivity contribution < 1.29 is 27.6 Å². The molecule has 10 heteroatoms. The zero-order valence-corrected chi connectivity index (χ0v) is 22.0. The Morgan fingerprint density at radius 3 is 2.50 bits per heavy atom. The minimum absolute atomic E-state index is 0.00930. The molecule has 196 valence electrons. The van der Waals surface area contributed by atoms with Gasteiger partial charge in [0.25, 0.3) is 5.91 Å². The summed E-state index contributed by atoms with van der Waals surface area (Å²) in [5.74, 6) is 1.14. The van der Waals surface area contributed by atoms with Gasteiger partial charge in [-0.2, -0.15) is 8.78 Å². The molecule has 2 atom stereocenters. The number of aromatic nitrogens is 2. The highest BCUT2D eigenvalue weighted by Crippen LogP contribution is 2.50. The highest BCUT2D eigenvalue weighted by Gasteiger charge is 2.45. The van der Waals surface area contributed by atoms with Gasteiger partial charge in [0.2, 0.25) is 0 Å². The Morgan fingerprint density at radius 2 is 1.79 bits per heavy atom. The van der Waals surface area contributed by atoms with Crippen molar-refractivity contribution in [1.29, 1.82) is 0 Å². The lowest BCUT2D eigenvalue weighted by Crippen LogP contribution is -2.30. The molecular formula is C28H26F2N3O4P. The molecule has 0 fully saturated rings. The van der Waals surface area contributed by atoms with E-state index in [1.54, 1.807) is 37.4 Å². The van der Waals surface area contributed by atoms with Crippen LogP contribution in [0.25, 0.3) is 22.2 Å². The van der Waals surface area contributed by atoms with E-state index in [9.17, 15) is 18.1 Å². The number of fused-ring (bicyclic) bond motifs is 9. The Kier molecular flexibility index (Phi) is 5.80. The third kappa shape index (κ3) is 4.15. The minimum Gasteiger partial charge on any atom is -0.486 e. The molecule has 2 bridgehead atoms. The van der Waals surface area contributed by atoms with E-state index in [1.165, 1.54) is 6.07 Å². The average Bonchev–Trinajstić information content (AvgIpc) is 3.40. The van der Waals surface area contributed by atoms with Crippen molar-refractivity contribution in [2.45, 2.75) is 25.1 Å². The van der Waals surface area contributed by atoms with Gasteiger partial charge < -0.3 is 23.5 Å². The summed E-state index contributed by atoms with van der Waals surface area (Å²) < 4.78 is 51.2. The van der Waals surface area contributed by atoms with E-state index in [0.29, 0.717) is 23.3 Å². The Morgan fingerprint density at radius 1 is 1.05 bits per heavy atom. The van der Waals surface area contributed by atoms with Crippen molar-refractivity contribution in [3.8, 4) is 22.6 Å². The maximum Gasteiger partial charge on any atom is 0.387 e. The van der Waals surface area contributed by atoms with Crippen molar-refractivity contribution in [1.82, 2.24) is 14.5 Å². The van der Waals surface area contributed by atoms with Gasteiger partial charge in [0.1, 0.15) is 30.8 Å². The fourth-order valence-corrected chi connectivity index (χ4v) is 5.89. The number of rotatable bonds is 6. The van der Waals surface area contributed by atoms with Crippen molar-refractivity contribution in [3.05, 3.63) is 77.6 Å². The standard InChI is InChI=1S/C28H26F2N3O4P/c1-32-23-14-22(25-19(27(32)34)5-4-6-24(25)37-28(29)30)33-21-13-17(9-12-20(21)31-26(23)33)16-7-10-18(11-8-16)36-15-38(2,3)35/h4-13,22-23,28H,14-15H2,1-3H3/t22-,23-/m1/s1. The number of hydrogen-bond acceptors (Lipinski definition) is 5. The topological polar surface area (TPSA) is 73.7 Å². The number of benzene rings is 3. The zero-order chi connectivity index (χ0) is 26.8. The summed E-state index contributed by atoms with van der Waals surface area (Å²) in [6, 6.07) is 17.5. The number of hydrogen-bond donors (Lipinski definition) is 0. The van der Waals surface area contributed by atoms with Gasteiger partial charge in [0, 0.05) is 24.6 Å². The molecule has 0 saturated carbocycles. The van der Waals surface area contributed by atoms with Gasteiger partial charge in [0.15, 0.2) is 0 Å². The summed E-state index contributed by atoms with van der Waals surface area (Å²) in [6.07, 6.45) is 0.699. The van der Waals surface area contributed by atoms with Crippen molar-refractivity contribution in [2.24, 2.45) is 0 Å². The molecule has 0 saturated heterocycles. The number of ether oxygens (including phenoxy) is 2. The molecule has 0 unspecified atom stereocenters. The number of imidazole rings is 1. The molecule has 1 aromatic heterocycles. The molecule has 0 spiro atoms. The SMILES string of the molecule is CN1C(=O)c2cccc(OC(F)F)c2[C@H]2C[C@@H]1c1nc3ccc(-c4ccc(OCP(C)(C)=O)cc4)cc3n12. The highest BCUT2D eigenvalue weighted by molar-refractivity contribution is 7.62. The van der Waals surface area contributed by atoms with E-state index in [0.717, 1.165) is 28.0 Å². The van der Waals surface area contributed by atoms with Gasteiger partial charge in [-0.25, -0.2) is 4.98 Å². The number of alkyl halides is 2. The Labute approximate surface area is 218 Å². The minimum atomic E-state index is -3.01. The molecule has 0 N–H and O–H groups in total. The summed E-state index contributed by atoms with van der Waals surface area (Å²) in [4.78, 5) is 19.8. The van der Waals surface area contributed by atoms with Gasteiger partial charge in [-0.15, -0.1) is 0 Å². The zero-order valence-electron chi connectivity index (χ0n) is 21.1. The summed E-state index contributed by atoms with van der Waals surface area (Å²) in [5, 5.41) is 0. The van der Waals surface area contributed by atoms with E-state index < -0.39 is 13.8 Å². The maximum absolute atomic E-state index is 13.3. The summed E-state index contributed by atoms with van der Waals surface area (Å²) in [7, 11) is -0.570. The first kappa shape index (κ1) is 24.6. The van der Waals surface area contributed by atoms with Crippen LogP contribution in [0.1, 0.15) is 40.3 Å². The van der Waals surface area contributed by atoms with E-state index in [2.05, 4.69) is 4.57 Å². The van der Waals surface area contributed by atoms with E-state index in [1.807, 2.05) is 42.5 Å². The van der Waals surface area contributed by atoms with Crippen LogP contribution in [0.3, 0.4) is 0 Å². The molecule has 2 aliphatic heterocycles. The lowest BCUT2D eigenvalue weighted by Gasteiger charge is -2.24. The average molecular weight is 538 g/mol. The quantitative estimate of drug-likeness (QED) is 0.267. The number of amides is 1. The summed E-state index contributed by atoms with van der Waals surface area (Å²) in [5.41, 5.74) is 4.34. The highest BCUT2D eigenvalue weighted by atomic mass is 31.2. The fraction of sp³-hybridized carbons (Fsp3) is 0.286. The van der Waals surface area contributed by atoms with E-state index >= 15 is 0 Å². The van der Waals surface area contributed by atoms with Crippen LogP contribution < -0.4 is 9.47 Å². The van der Waals surface area contributed by atoms with Gasteiger partial charge in [-0.1, -0.05) is 24.3 Å². The molecule has 1 amide bonds. The first-order valence-corrected chi connectivity index (χ1v) is 15.0. The molecule has 2 aliphatic rings. The van der Waals surface area contributed by atoms with Crippen LogP contribution in [0.5, 0.6) is 11.5 Å². The van der Waals surface area contributed by atoms with Gasteiger partial charge >= 0.3 is 6.61 Å². The lowest BCUT2D eigenvalue weighted by molar-refractivity contribution is -0.0507. The third-order valence-corrected chi connectivity index (χ3v) is 7.89. The third-order valence-electron chi connectivity index (χ3n) is 7.14. The largest absolute Gasteiger partial charge is 0.486 e. The second-order valence-electron chi connectivity index (χ2n) is 10.2. The molecule has 4 aromatic rings. The maximum atomic E-state index is 13.3. The first-order valence-electron chi connectivity index (χ1n) is 12.2. The Bertz CT molecular complexity index is 1610. The number of carbonyl (C=O) groups is 1. The van der Waals surface area contributed by atoms with Gasteiger partial charge in [-0.3, -0.25) is 4.79 Å². The van der Waals surface area contributed by atoms with Crippen LogP contribution in [-0.2, 0) is 4.57 Å². The molecule has 3 heterocycles. The number of carbonyl (C=O) groups excluding carboxylic acids is 1. The predicted molar refractivity (Wildman–Crippen MR) is 141 cm³/mol. The number of nitrogens with zero attached hydrogens (tertiary/aromatic N) is 3. The molecule has 7 nitrogen and oxygen atoms in total. The van der Waals surface area contributed by atoms with Crippen LogP contribution in [0, 0.1) is 0 Å². The summed E-state index contributed by atoms with van der Waals surface area (Å²) in [6.45, 7) is 0.368. The predicted octanol–water partition coefficient (Wildman–Crippen LogP) is 6.38. The second kappa shape index (κ2) is 8.95. The fourth-order valence-electron chi connectivity index (χ4n) is 5.43. The second-order valence-corrected chi connectivity index (χ2v) is 13.6. The Hall–Kier alpha value is -3.71. The van der Waals surface area contributed by atoms with Crippen molar-refractivity contribution in [2.75, 3.05) is 26.7 Å². The smallest absolute Gasteiger partial charge is 0.387 e. The lowest BCUT2D eigenvalue weighted by atomic mass is 9.97. The molecule has 38 heavy (non-hydrogen) atoms. The molecule has 0 radical (unpaired) electrons. The first-order chi connectivity index (χ1) is 18.1. The monoisotopic (exact) mass is 537 g/mol. The normalized spacial score (nSPS) is 18.5. The van der Waals surface area contributed by atoms with Gasteiger partial charge in [0.05, 0.1) is 23.1 Å². The van der Waals surface area contributed by atoms with E-state index in [-0.39, 0.29) is 30.1 Å². The number of halogens is 2. The van der Waals surface area contributed by atoms with Crippen LogP contribution in [0.2, 0.25) is 0 Å².